The van der Waals surface area contributed by atoms with Gasteiger partial charge in [-0.3, -0.25) is 0 Å². The molecule has 15 heavy (non-hydrogen) atoms. The third kappa shape index (κ3) is 2.15. The molecule has 2 rings (SSSR count). The molecule has 1 fully saturated rings. The summed E-state index contributed by atoms with van der Waals surface area (Å²) in [7, 11) is 1.70. The van der Waals surface area contributed by atoms with E-state index in [1.165, 1.54) is 12.8 Å². The maximum Gasteiger partial charge on any atom is 0.123 e. The normalized spacial score (nSPS) is 19.7. The van der Waals surface area contributed by atoms with Gasteiger partial charge < -0.3 is 10.5 Å². The molecule has 82 valence electrons. The summed E-state index contributed by atoms with van der Waals surface area (Å²) in [5, 5.41) is 0. The Morgan fingerprint density at radius 3 is 2.60 bits per heavy atom. The van der Waals surface area contributed by atoms with Gasteiger partial charge in [-0.15, -0.1) is 0 Å². The molecule has 1 aromatic rings. The highest BCUT2D eigenvalue weighted by atomic mass is 16.5. The van der Waals surface area contributed by atoms with Crippen LogP contribution < -0.4 is 10.5 Å². The highest BCUT2D eigenvalue weighted by molar-refractivity contribution is 5.36. The van der Waals surface area contributed by atoms with E-state index in [-0.39, 0.29) is 6.04 Å². The zero-order valence-electron chi connectivity index (χ0n) is 9.44. The Labute approximate surface area is 91.4 Å². The second kappa shape index (κ2) is 4.23. The molecule has 2 nitrogen and oxygen atoms in total. The van der Waals surface area contributed by atoms with Gasteiger partial charge in [0.05, 0.1) is 7.11 Å². The number of hydrogen-bond donors (Lipinski definition) is 1. The fourth-order valence-electron chi connectivity index (χ4n) is 2.14. The average Bonchev–Trinajstić information content (AvgIpc) is 3.11. The quantitative estimate of drug-likeness (QED) is 0.820. The lowest BCUT2D eigenvalue weighted by molar-refractivity contribution is 0.376. The third-order valence-electron chi connectivity index (χ3n) is 3.43. The van der Waals surface area contributed by atoms with Crippen LogP contribution in [0.3, 0.4) is 0 Å². The van der Waals surface area contributed by atoms with Gasteiger partial charge in [-0.2, -0.15) is 0 Å². The van der Waals surface area contributed by atoms with Gasteiger partial charge in [0.25, 0.3) is 0 Å². The summed E-state index contributed by atoms with van der Waals surface area (Å²) in [4.78, 5) is 0. The highest BCUT2D eigenvalue weighted by Gasteiger charge is 2.33. The predicted octanol–water partition coefficient (Wildman–Crippen LogP) is 2.74. The first-order chi connectivity index (χ1) is 7.24. The number of para-hydroxylation sites is 1. The summed E-state index contributed by atoms with van der Waals surface area (Å²) in [6.07, 6.45) is 2.67. The molecule has 1 aliphatic rings. The van der Waals surface area contributed by atoms with Crippen LogP contribution in [0.15, 0.2) is 24.3 Å². The van der Waals surface area contributed by atoms with Crippen molar-refractivity contribution in [3.8, 4) is 5.75 Å². The predicted molar refractivity (Wildman–Crippen MR) is 61.8 cm³/mol. The van der Waals surface area contributed by atoms with Crippen molar-refractivity contribution in [1.82, 2.24) is 0 Å². The van der Waals surface area contributed by atoms with Crippen molar-refractivity contribution < 1.29 is 4.74 Å². The van der Waals surface area contributed by atoms with E-state index >= 15 is 0 Å². The lowest BCUT2D eigenvalue weighted by atomic mass is 9.91. The molecule has 0 amide bonds. The van der Waals surface area contributed by atoms with Crippen LogP contribution in [0.5, 0.6) is 5.75 Å². The lowest BCUT2D eigenvalue weighted by Gasteiger charge is -2.21. The molecule has 0 saturated heterocycles. The van der Waals surface area contributed by atoms with Crippen molar-refractivity contribution in [3.63, 3.8) is 0 Å². The monoisotopic (exact) mass is 205 g/mol. The van der Waals surface area contributed by atoms with E-state index < -0.39 is 0 Å². The summed E-state index contributed by atoms with van der Waals surface area (Å²) in [5.41, 5.74) is 7.41. The molecule has 0 heterocycles. The van der Waals surface area contributed by atoms with Gasteiger partial charge in [-0.05, 0) is 30.7 Å². The van der Waals surface area contributed by atoms with Crippen LogP contribution in [0.2, 0.25) is 0 Å². The van der Waals surface area contributed by atoms with E-state index in [4.69, 9.17) is 10.5 Å². The first-order valence-electron chi connectivity index (χ1n) is 5.62. The molecule has 0 bridgehead atoms. The maximum absolute atomic E-state index is 6.28. The number of benzene rings is 1. The fraction of sp³-hybridized carbons (Fsp3) is 0.538. The van der Waals surface area contributed by atoms with E-state index in [1.54, 1.807) is 7.11 Å². The Hall–Kier alpha value is -1.02. The second-order valence-corrected chi connectivity index (χ2v) is 4.46. The number of hydrogen-bond acceptors (Lipinski definition) is 2. The molecule has 0 spiro atoms. The zero-order chi connectivity index (χ0) is 10.8. The van der Waals surface area contributed by atoms with Gasteiger partial charge in [0.1, 0.15) is 5.75 Å². The van der Waals surface area contributed by atoms with Gasteiger partial charge in [-0.25, -0.2) is 0 Å². The summed E-state index contributed by atoms with van der Waals surface area (Å²) in [6.45, 7) is 2.24. The first-order valence-corrected chi connectivity index (χ1v) is 5.62. The highest BCUT2D eigenvalue weighted by Crippen LogP contribution is 2.43. The zero-order valence-corrected chi connectivity index (χ0v) is 9.44. The van der Waals surface area contributed by atoms with Crippen molar-refractivity contribution in [2.45, 2.75) is 25.8 Å². The molecule has 2 N–H and O–H groups in total. The molecule has 1 aliphatic carbocycles. The minimum absolute atomic E-state index is 0.105. The van der Waals surface area contributed by atoms with E-state index in [1.807, 2.05) is 18.2 Å². The number of methoxy groups -OCH3 is 1. The largest absolute Gasteiger partial charge is 0.496 e. The van der Waals surface area contributed by atoms with E-state index in [0.29, 0.717) is 5.92 Å². The minimum atomic E-state index is 0.105. The SMILES string of the molecule is COc1ccccc1C(N)C(C)C1CC1. The summed E-state index contributed by atoms with van der Waals surface area (Å²) in [6, 6.07) is 8.17. The molecule has 0 radical (unpaired) electrons. The van der Waals surface area contributed by atoms with Crippen LogP contribution in [-0.4, -0.2) is 7.11 Å². The molecule has 2 atom stereocenters. The van der Waals surface area contributed by atoms with Crippen molar-refractivity contribution >= 4 is 0 Å². The molecule has 1 aromatic carbocycles. The summed E-state index contributed by atoms with van der Waals surface area (Å²) >= 11 is 0. The van der Waals surface area contributed by atoms with Crippen LogP contribution in [0, 0.1) is 11.8 Å². The van der Waals surface area contributed by atoms with Crippen molar-refractivity contribution in [1.29, 1.82) is 0 Å². The van der Waals surface area contributed by atoms with Crippen molar-refractivity contribution in [2.75, 3.05) is 7.11 Å². The first kappa shape index (κ1) is 10.5. The van der Waals surface area contributed by atoms with E-state index in [2.05, 4.69) is 13.0 Å². The lowest BCUT2D eigenvalue weighted by Crippen LogP contribution is -2.21. The standard InChI is InChI=1S/C13H19NO/c1-9(10-7-8-10)13(14)11-5-3-4-6-12(11)15-2/h3-6,9-10,13H,7-8,14H2,1-2H3. The smallest absolute Gasteiger partial charge is 0.123 e. The van der Waals surface area contributed by atoms with Gasteiger partial charge >= 0.3 is 0 Å². The Kier molecular flexibility index (Phi) is 2.96. The number of rotatable bonds is 4. The summed E-state index contributed by atoms with van der Waals surface area (Å²) in [5.74, 6) is 2.30. The average molecular weight is 205 g/mol. The van der Waals surface area contributed by atoms with Crippen molar-refractivity contribution in [3.05, 3.63) is 29.8 Å². The Morgan fingerprint density at radius 1 is 1.33 bits per heavy atom. The molecular formula is C13H19NO. The van der Waals surface area contributed by atoms with Crippen molar-refractivity contribution in [2.24, 2.45) is 17.6 Å². The third-order valence-corrected chi connectivity index (χ3v) is 3.43. The number of nitrogens with two attached hydrogens (primary N) is 1. The summed E-state index contributed by atoms with van der Waals surface area (Å²) < 4.78 is 5.34. The second-order valence-electron chi connectivity index (χ2n) is 4.46. The molecule has 0 aromatic heterocycles. The Bertz CT molecular complexity index is 333. The molecule has 2 unspecified atom stereocenters. The van der Waals surface area contributed by atoms with Crippen LogP contribution in [0.25, 0.3) is 0 Å². The molecule has 0 aliphatic heterocycles. The Morgan fingerprint density at radius 2 is 2.00 bits per heavy atom. The number of ether oxygens (including phenoxy) is 1. The van der Waals surface area contributed by atoms with Gasteiger partial charge in [0.2, 0.25) is 0 Å². The molecular weight excluding hydrogens is 186 g/mol. The van der Waals surface area contributed by atoms with E-state index in [9.17, 15) is 0 Å². The van der Waals surface area contributed by atoms with Crippen LogP contribution in [-0.2, 0) is 0 Å². The van der Waals surface area contributed by atoms with Crippen LogP contribution in [0.1, 0.15) is 31.4 Å². The maximum atomic E-state index is 6.28. The van der Waals surface area contributed by atoms with E-state index in [0.717, 1.165) is 17.2 Å². The van der Waals surface area contributed by atoms with Crippen LogP contribution >= 0.6 is 0 Å². The Balaban J connectivity index is 2.19. The molecule has 1 saturated carbocycles. The van der Waals surface area contributed by atoms with Crippen LogP contribution in [0.4, 0.5) is 0 Å². The van der Waals surface area contributed by atoms with Gasteiger partial charge in [0.15, 0.2) is 0 Å². The fourth-order valence-corrected chi connectivity index (χ4v) is 2.14. The topological polar surface area (TPSA) is 35.2 Å². The minimum Gasteiger partial charge on any atom is -0.496 e. The van der Waals surface area contributed by atoms with Gasteiger partial charge in [-0.1, -0.05) is 25.1 Å². The molecule has 2 heteroatoms. The van der Waals surface area contributed by atoms with Gasteiger partial charge in [0, 0.05) is 11.6 Å².